The molecule has 0 saturated heterocycles. The lowest BCUT2D eigenvalue weighted by molar-refractivity contribution is 0.102. The molecule has 0 aliphatic carbocycles. The topological polar surface area (TPSA) is 87.0 Å². The second kappa shape index (κ2) is 8.21. The first-order valence-corrected chi connectivity index (χ1v) is 8.35. The highest BCUT2D eigenvalue weighted by Crippen LogP contribution is 2.28. The third kappa shape index (κ3) is 4.54. The fraction of sp³-hybridized carbons (Fsp3) is 0.0500. The van der Waals surface area contributed by atoms with E-state index in [0.29, 0.717) is 33.4 Å². The SMILES string of the molecule is COc1ccc(Nc2ccc(C(=O)Nc3cccc(C#N)c3)cn2)cc1Cl. The smallest absolute Gasteiger partial charge is 0.257 e. The van der Waals surface area contributed by atoms with Crippen molar-refractivity contribution in [2.45, 2.75) is 0 Å². The Bertz CT molecular complexity index is 1010. The summed E-state index contributed by atoms with van der Waals surface area (Å²) in [6.45, 7) is 0. The van der Waals surface area contributed by atoms with Gasteiger partial charge in [0.05, 0.1) is 29.3 Å². The first-order valence-electron chi connectivity index (χ1n) is 7.97. The molecule has 0 spiro atoms. The Morgan fingerprint density at radius 2 is 2.00 bits per heavy atom. The minimum absolute atomic E-state index is 0.309. The number of nitriles is 1. The van der Waals surface area contributed by atoms with Gasteiger partial charge in [0, 0.05) is 17.6 Å². The maximum Gasteiger partial charge on any atom is 0.257 e. The molecule has 1 amide bonds. The number of amides is 1. The number of carbonyl (C=O) groups is 1. The molecule has 3 rings (SSSR count). The first kappa shape index (κ1) is 18.2. The molecular weight excluding hydrogens is 364 g/mol. The summed E-state index contributed by atoms with van der Waals surface area (Å²) in [6, 6.07) is 17.4. The van der Waals surface area contributed by atoms with Gasteiger partial charge in [-0.15, -0.1) is 0 Å². The van der Waals surface area contributed by atoms with Crippen molar-refractivity contribution in [1.82, 2.24) is 4.98 Å². The van der Waals surface area contributed by atoms with E-state index in [9.17, 15) is 4.79 Å². The first-order chi connectivity index (χ1) is 13.1. The second-order valence-corrected chi connectivity index (χ2v) is 5.96. The van der Waals surface area contributed by atoms with Gasteiger partial charge >= 0.3 is 0 Å². The summed E-state index contributed by atoms with van der Waals surface area (Å²) in [6.07, 6.45) is 1.47. The Hall–Kier alpha value is -3.56. The number of nitrogens with zero attached hydrogens (tertiary/aromatic N) is 2. The summed E-state index contributed by atoms with van der Waals surface area (Å²) in [5.74, 6) is 0.846. The van der Waals surface area contributed by atoms with Crippen molar-refractivity contribution in [2.24, 2.45) is 0 Å². The quantitative estimate of drug-likeness (QED) is 0.676. The van der Waals surface area contributed by atoms with Gasteiger partial charge < -0.3 is 15.4 Å². The summed E-state index contributed by atoms with van der Waals surface area (Å²) in [5.41, 5.74) is 2.17. The monoisotopic (exact) mass is 378 g/mol. The number of halogens is 1. The molecule has 0 aliphatic heterocycles. The van der Waals surface area contributed by atoms with Gasteiger partial charge in [-0.1, -0.05) is 17.7 Å². The van der Waals surface area contributed by atoms with Crippen molar-refractivity contribution in [3.05, 3.63) is 76.9 Å². The Balaban J connectivity index is 1.68. The van der Waals surface area contributed by atoms with Crippen LogP contribution >= 0.6 is 11.6 Å². The molecule has 1 aromatic heterocycles. The molecule has 0 radical (unpaired) electrons. The van der Waals surface area contributed by atoms with E-state index in [2.05, 4.69) is 15.6 Å². The highest BCUT2D eigenvalue weighted by Gasteiger charge is 2.08. The van der Waals surface area contributed by atoms with E-state index in [1.807, 2.05) is 12.1 Å². The number of rotatable bonds is 5. The number of aromatic nitrogens is 1. The summed E-state index contributed by atoms with van der Waals surface area (Å²) in [5, 5.41) is 15.2. The van der Waals surface area contributed by atoms with Gasteiger partial charge in [-0.05, 0) is 48.5 Å². The van der Waals surface area contributed by atoms with Crippen LogP contribution in [0.3, 0.4) is 0 Å². The molecule has 6 nitrogen and oxygen atoms in total. The molecule has 2 N–H and O–H groups in total. The summed E-state index contributed by atoms with van der Waals surface area (Å²) in [4.78, 5) is 16.6. The predicted octanol–water partition coefficient (Wildman–Crippen LogP) is 4.61. The molecule has 134 valence electrons. The van der Waals surface area contributed by atoms with Crippen LogP contribution in [0.5, 0.6) is 5.75 Å². The zero-order chi connectivity index (χ0) is 19.2. The van der Waals surface area contributed by atoms with Crippen LogP contribution in [0, 0.1) is 11.3 Å². The maximum atomic E-state index is 12.3. The average Bonchev–Trinajstić information content (AvgIpc) is 2.69. The number of benzene rings is 2. The Morgan fingerprint density at radius 1 is 1.15 bits per heavy atom. The van der Waals surface area contributed by atoms with Gasteiger partial charge in [0.25, 0.3) is 5.91 Å². The lowest BCUT2D eigenvalue weighted by atomic mass is 10.2. The molecule has 0 fully saturated rings. The molecule has 2 aromatic carbocycles. The Labute approximate surface area is 161 Å². The fourth-order valence-corrected chi connectivity index (χ4v) is 2.62. The highest BCUT2D eigenvalue weighted by molar-refractivity contribution is 6.32. The van der Waals surface area contributed by atoms with Crippen LogP contribution in [-0.4, -0.2) is 18.0 Å². The van der Waals surface area contributed by atoms with E-state index in [1.54, 1.807) is 55.6 Å². The lowest BCUT2D eigenvalue weighted by Gasteiger charge is -2.09. The van der Waals surface area contributed by atoms with Crippen LogP contribution < -0.4 is 15.4 Å². The van der Waals surface area contributed by atoms with E-state index in [4.69, 9.17) is 21.6 Å². The normalized spacial score (nSPS) is 9.96. The maximum absolute atomic E-state index is 12.3. The van der Waals surface area contributed by atoms with E-state index < -0.39 is 0 Å². The largest absolute Gasteiger partial charge is 0.495 e. The average molecular weight is 379 g/mol. The van der Waals surface area contributed by atoms with E-state index >= 15 is 0 Å². The van der Waals surface area contributed by atoms with Gasteiger partial charge in [-0.2, -0.15) is 5.26 Å². The molecule has 3 aromatic rings. The van der Waals surface area contributed by atoms with Crippen LogP contribution in [-0.2, 0) is 0 Å². The van der Waals surface area contributed by atoms with Crippen molar-refractivity contribution >= 4 is 34.7 Å². The molecule has 0 bridgehead atoms. The van der Waals surface area contributed by atoms with E-state index in [-0.39, 0.29) is 5.91 Å². The highest BCUT2D eigenvalue weighted by atomic mass is 35.5. The number of carbonyl (C=O) groups excluding carboxylic acids is 1. The van der Waals surface area contributed by atoms with Crippen LogP contribution in [0.15, 0.2) is 60.8 Å². The Morgan fingerprint density at radius 3 is 2.67 bits per heavy atom. The molecule has 0 unspecified atom stereocenters. The molecule has 1 heterocycles. The number of nitrogens with one attached hydrogen (secondary N) is 2. The van der Waals surface area contributed by atoms with Crippen LogP contribution in [0.1, 0.15) is 15.9 Å². The minimum atomic E-state index is -0.309. The third-order valence-electron chi connectivity index (χ3n) is 3.70. The van der Waals surface area contributed by atoms with Crippen LogP contribution in [0.2, 0.25) is 5.02 Å². The van der Waals surface area contributed by atoms with E-state index in [0.717, 1.165) is 5.69 Å². The second-order valence-electron chi connectivity index (χ2n) is 5.55. The van der Waals surface area contributed by atoms with Crippen molar-refractivity contribution in [2.75, 3.05) is 17.7 Å². The summed E-state index contributed by atoms with van der Waals surface area (Å²) >= 11 is 6.10. The molecule has 7 heteroatoms. The number of ether oxygens (including phenoxy) is 1. The van der Waals surface area contributed by atoms with Crippen molar-refractivity contribution in [3.63, 3.8) is 0 Å². The number of anilines is 3. The van der Waals surface area contributed by atoms with Gasteiger partial charge in [0.1, 0.15) is 11.6 Å². The zero-order valence-electron chi connectivity index (χ0n) is 14.4. The molecule has 0 aliphatic rings. The number of methoxy groups -OCH3 is 1. The van der Waals surface area contributed by atoms with E-state index in [1.165, 1.54) is 6.20 Å². The fourth-order valence-electron chi connectivity index (χ4n) is 2.36. The number of hydrogen-bond acceptors (Lipinski definition) is 5. The predicted molar refractivity (Wildman–Crippen MR) is 105 cm³/mol. The molecule has 0 atom stereocenters. The van der Waals surface area contributed by atoms with Crippen LogP contribution in [0.4, 0.5) is 17.2 Å². The summed E-state index contributed by atoms with van der Waals surface area (Å²) < 4.78 is 5.12. The van der Waals surface area contributed by atoms with Gasteiger partial charge in [0.2, 0.25) is 0 Å². The summed E-state index contributed by atoms with van der Waals surface area (Å²) in [7, 11) is 1.55. The Kier molecular flexibility index (Phi) is 5.55. The number of pyridine rings is 1. The molecular formula is C20H15ClN4O2. The lowest BCUT2D eigenvalue weighted by Crippen LogP contribution is -2.12. The van der Waals surface area contributed by atoms with Gasteiger partial charge in [-0.25, -0.2) is 4.98 Å². The minimum Gasteiger partial charge on any atom is -0.495 e. The van der Waals surface area contributed by atoms with Gasteiger partial charge in [-0.3, -0.25) is 4.79 Å². The van der Waals surface area contributed by atoms with Crippen LogP contribution in [0.25, 0.3) is 0 Å². The van der Waals surface area contributed by atoms with Crippen molar-refractivity contribution in [3.8, 4) is 11.8 Å². The molecule has 0 saturated carbocycles. The molecule has 27 heavy (non-hydrogen) atoms. The standard InChI is InChI=1S/C20H15ClN4O2/c1-27-18-7-6-16(10-17(18)21)24-19-8-5-14(12-23-19)20(26)25-15-4-2-3-13(9-15)11-22/h2-10,12H,1H3,(H,23,24)(H,25,26). The zero-order valence-corrected chi connectivity index (χ0v) is 15.1. The third-order valence-corrected chi connectivity index (χ3v) is 3.99. The number of hydrogen-bond donors (Lipinski definition) is 2. The van der Waals surface area contributed by atoms with Crippen molar-refractivity contribution < 1.29 is 9.53 Å². The van der Waals surface area contributed by atoms with Crippen molar-refractivity contribution in [1.29, 1.82) is 5.26 Å². The van der Waals surface area contributed by atoms with Gasteiger partial charge in [0.15, 0.2) is 0 Å².